The van der Waals surface area contributed by atoms with Crippen LogP contribution in [0.3, 0.4) is 0 Å². The van der Waals surface area contributed by atoms with Crippen LogP contribution in [-0.2, 0) is 0 Å². The standard InChI is InChI=1S/C9H10N2O4/c1-5(10)7-3-2-6(9(12)13)4-8(7)11(14)15/h2-5H,10H2,1H3,(H,12,13). The second-order valence-electron chi connectivity index (χ2n) is 3.12. The van der Waals surface area contributed by atoms with Crippen molar-refractivity contribution in [3.63, 3.8) is 0 Å². The summed E-state index contributed by atoms with van der Waals surface area (Å²) in [6, 6.07) is 3.18. The topological polar surface area (TPSA) is 106 Å². The molecule has 0 amide bonds. The average Bonchev–Trinajstić information content (AvgIpc) is 2.16. The van der Waals surface area contributed by atoms with Crippen LogP contribution in [0.4, 0.5) is 5.69 Å². The summed E-state index contributed by atoms with van der Waals surface area (Å²) >= 11 is 0. The zero-order valence-corrected chi connectivity index (χ0v) is 8.01. The van der Waals surface area contributed by atoms with E-state index in [0.717, 1.165) is 6.07 Å². The van der Waals surface area contributed by atoms with Gasteiger partial charge in [0.15, 0.2) is 0 Å². The Morgan fingerprint density at radius 3 is 2.60 bits per heavy atom. The molecule has 0 saturated carbocycles. The molecule has 0 radical (unpaired) electrons. The molecule has 1 unspecified atom stereocenters. The summed E-state index contributed by atoms with van der Waals surface area (Å²) in [6.45, 7) is 1.60. The maximum Gasteiger partial charge on any atom is 0.335 e. The quantitative estimate of drug-likeness (QED) is 0.577. The van der Waals surface area contributed by atoms with Crippen molar-refractivity contribution in [1.82, 2.24) is 0 Å². The summed E-state index contributed by atoms with van der Waals surface area (Å²) in [5.74, 6) is -1.20. The number of hydrogen-bond acceptors (Lipinski definition) is 4. The lowest BCUT2D eigenvalue weighted by molar-refractivity contribution is -0.385. The van der Waals surface area contributed by atoms with Crippen molar-refractivity contribution >= 4 is 11.7 Å². The summed E-state index contributed by atoms with van der Waals surface area (Å²) < 4.78 is 0. The van der Waals surface area contributed by atoms with Crippen LogP contribution in [0.1, 0.15) is 28.9 Å². The van der Waals surface area contributed by atoms with E-state index >= 15 is 0 Å². The molecular formula is C9H10N2O4. The summed E-state index contributed by atoms with van der Waals surface area (Å²) in [4.78, 5) is 20.6. The molecule has 0 spiro atoms. The molecular weight excluding hydrogens is 200 g/mol. The molecule has 0 fully saturated rings. The van der Waals surface area contributed by atoms with Crippen LogP contribution >= 0.6 is 0 Å². The molecule has 1 atom stereocenters. The first kappa shape index (κ1) is 11.1. The lowest BCUT2D eigenvalue weighted by Gasteiger charge is -2.06. The molecule has 0 aliphatic heterocycles. The minimum absolute atomic E-state index is 0.119. The fourth-order valence-electron chi connectivity index (χ4n) is 1.22. The highest BCUT2D eigenvalue weighted by molar-refractivity contribution is 5.88. The second-order valence-corrected chi connectivity index (χ2v) is 3.12. The van der Waals surface area contributed by atoms with Crippen molar-refractivity contribution in [2.45, 2.75) is 13.0 Å². The maximum atomic E-state index is 10.7. The van der Waals surface area contributed by atoms with Crippen molar-refractivity contribution in [3.8, 4) is 0 Å². The van der Waals surface area contributed by atoms with Crippen LogP contribution in [-0.4, -0.2) is 16.0 Å². The fraction of sp³-hybridized carbons (Fsp3) is 0.222. The first-order chi connectivity index (χ1) is 6.93. The fourth-order valence-corrected chi connectivity index (χ4v) is 1.22. The summed E-state index contributed by atoms with van der Waals surface area (Å²) in [5.41, 5.74) is 5.47. The minimum atomic E-state index is -1.20. The van der Waals surface area contributed by atoms with E-state index in [-0.39, 0.29) is 11.3 Å². The number of nitrogens with zero attached hydrogens (tertiary/aromatic N) is 1. The predicted molar refractivity (Wildman–Crippen MR) is 52.7 cm³/mol. The van der Waals surface area contributed by atoms with Crippen molar-refractivity contribution in [2.24, 2.45) is 5.73 Å². The number of carboxylic acid groups (broad SMARTS) is 1. The van der Waals surface area contributed by atoms with Crippen LogP contribution in [0.15, 0.2) is 18.2 Å². The van der Waals surface area contributed by atoms with E-state index in [2.05, 4.69) is 0 Å². The molecule has 0 aliphatic rings. The lowest BCUT2D eigenvalue weighted by Crippen LogP contribution is -2.09. The average molecular weight is 210 g/mol. The molecule has 6 nitrogen and oxygen atoms in total. The van der Waals surface area contributed by atoms with Crippen LogP contribution < -0.4 is 5.73 Å². The predicted octanol–water partition coefficient (Wildman–Crippen LogP) is 1.31. The third kappa shape index (κ3) is 2.29. The number of benzene rings is 1. The molecule has 1 rings (SSSR count). The van der Waals surface area contributed by atoms with Gasteiger partial charge in [0.05, 0.1) is 10.5 Å². The lowest BCUT2D eigenvalue weighted by atomic mass is 10.0. The first-order valence-electron chi connectivity index (χ1n) is 4.20. The zero-order valence-electron chi connectivity index (χ0n) is 8.01. The van der Waals surface area contributed by atoms with Gasteiger partial charge in [0.2, 0.25) is 0 Å². The Hall–Kier alpha value is -1.95. The number of nitro benzene ring substituents is 1. The van der Waals surface area contributed by atoms with Gasteiger partial charge < -0.3 is 10.8 Å². The number of rotatable bonds is 3. The van der Waals surface area contributed by atoms with Crippen molar-refractivity contribution in [1.29, 1.82) is 0 Å². The normalized spacial score (nSPS) is 12.1. The summed E-state index contributed by atoms with van der Waals surface area (Å²) in [5, 5.41) is 19.3. The van der Waals surface area contributed by atoms with E-state index in [1.54, 1.807) is 6.92 Å². The van der Waals surface area contributed by atoms with E-state index < -0.39 is 16.9 Å². The molecule has 15 heavy (non-hydrogen) atoms. The molecule has 80 valence electrons. The van der Waals surface area contributed by atoms with Gasteiger partial charge in [-0.25, -0.2) is 4.79 Å². The van der Waals surface area contributed by atoms with Gasteiger partial charge in [0.1, 0.15) is 0 Å². The highest BCUT2D eigenvalue weighted by atomic mass is 16.6. The molecule has 3 N–H and O–H groups in total. The molecule has 1 aromatic rings. The van der Waals surface area contributed by atoms with Gasteiger partial charge in [-0.05, 0) is 19.1 Å². The van der Waals surface area contributed by atoms with E-state index in [4.69, 9.17) is 10.8 Å². The second kappa shape index (κ2) is 4.05. The van der Waals surface area contributed by atoms with Gasteiger partial charge in [0.25, 0.3) is 5.69 Å². The Morgan fingerprint density at radius 2 is 2.20 bits per heavy atom. The van der Waals surface area contributed by atoms with E-state index in [1.165, 1.54) is 12.1 Å². The van der Waals surface area contributed by atoms with Gasteiger partial charge in [0, 0.05) is 17.7 Å². The first-order valence-corrected chi connectivity index (χ1v) is 4.20. The molecule has 0 aromatic heterocycles. The third-order valence-corrected chi connectivity index (χ3v) is 1.96. The number of aromatic carboxylic acids is 1. The van der Waals surface area contributed by atoms with Crippen molar-refractivity contribution in [3.05, 3.63) is 39.4 Å². The van der Waals surface area contributed by atoms with Gasteiger partial charge >= 0.3 is 5.97 Å². The van der Waals surface area contributed by atoms with Crippen LogP contribution in [0.2, 0.25) is 0 Å². The Morgan fingerprint density at radius 1 is 1.60 bits per heavy atom. The molecule has 0 aliphatic carbocycles. The largest absolute Gasteiger partial charge is 0.478 e. The van der Waals surface area contributed by atoms with E-state index in [0.29, 0.717) is 5.56 Å². The highest BCUT2D eigenvalue weighted by Gasteiger charge is 2.19. The van der Waals surface area contributed by atoms with Gasteiger partial charge in [-0.15, -0.1) is 0 Å². The molecule has 0 saturated heterocycles. The molecule has 6 heteroatoms. The maximum absolute atomic E-state index is 10.7. The van der Waals surface area contributed by atoms with Crippen molar-refractivity contribution < 1.29 is 14.8 Å². The SMILES string of the molecule is CC(N)c1ccc(C(=O)O)cc1[N+](=O)[O-]. The van der Waals surface area contributed by atoms with E-state index in [1.807, 2.05) is 0 Å². The minimum Gasteiger partial charge on any atom is -0.478 e. The van der Waals surface area contributed by atoms with Crippen LogP contribution in [0.25, 0.3) is 0 Å². The Kier molecular flexibility index (Phi) is 3.01. The Bertz CT molecular complexity index is 415. The summed E-state index contributed by atoms with van der Waals surface area (Å²) in [6.07, 6.45) is 0. The number of carbonyl (C=O) groups is 1. The van der Waals surface area contributed by atoms with Gasteiger partial charge in [-0.3, -0.25) is 10.1 Å². The van der Waals surface area contributed by atoms with Crippen molar-refractivity contribution in [2.75, 3.05) is 0 Å². The van der Waals surface area contributed by atoms with Crippen LogP contribution in [0.5, 0.6) is 0 Å². The number of hydrogen-bond donors (Lipinski definition) is 2. The smallest absolute Gasteiger partial charge is 0.335 e. The van der Waals surface area contributed by atoms with E-state index in [9.17, 15) is 14.9 Å². The Balaban J connectivity index is 3.33. The van der Waals surface area contributed by atoms with Gasteiger partial charge in [-0.2, -0.15) is 0 Å². The molecule has 1 aromatic carbocycles. The highest BCUT2D eigenvalue weighted by Crippen LogP contribution is 2.24. The number of nitro groups is 1. The zero-order chi connectivity index (χ0) is 11.6. The Labute approximate surface area is 85.5 Å². The molecule has 0 bridgehead atoms. The monoisotopic (exact) mass is 210 g/mol. The van der Waals surface area contributed by atoms with Gasteiger partial charge in [-0.1, -0.05) is 0 Å². The van der Waals surface area contributed by atoms with Crippen LogP contribution in [0, 0.1) is 10.1 Å². The number of nitrogens with two attached hydrogens (primary N) is 1. The molecule has 0 heterocycles. The third-order valence-electron chi connectivity index (χ3n) is 1.96. The number of carboxylic acids is 1. The summed E-state index contributed by atoms with van der Waals surface area (Å²) in [7, 11) is 0.